The van der Waals surface area contributed by atoms with Gasteiger partial charge in [0.05, 0.1) is 11.9 Å². The molecule has 1 amide bonds. The lowest BCUT2D eigenvalue weighted by Crippen LogP contribution is -2.47. The van der Waals surface area contributed by atoms with Crippen LogP contribution < -0.4 is 0 Å². The molecule has 4 rings (SSSR count). The molecule has 2 atom stereocenters. The molecule has 0 saturated heterocycles. The minimum atomic E-state index is -3.60. The van der Waals surface area contributed by atoms with Crippen LogP contribution in [0.4, 0.5) is 0 Å². The van der Waals surface area contributed by atoms with E-state index in [2.05, 4.69) is 20.9 Å². The van der Waals surface area contributed by atoms with Crippen LogP contribution in [0.1, 0.15) is 39.9 Å². The van der Waals surface area contributed by atoms with Gasteiger partial charge in [0.25, 0.3) is 0 Å². The lowest BCUT2D eigenvalue weighted by atomic mass is 9.79. The first-order valence-corrected chi connectivity index (χ1v) is 8.66. The fourth-order valence-electron chi connectivity index (χ4n) is 3.87. The average Bonchev–Trinajstić information content (AvgIpc) is 3.06. The normalized spacial score (nSPS) is 31.3. The highest BCUT2D eigenvalue weighted by molar-refractivity contribution is 9.10. The molecule has 0 unspecified atom stereocenters. The number of hydrogen-bond acceptors (Lipinski definition) is 2. The van der Waals surface area contributed by atoms with Gasteiger partial charge < -0.3 is 9.88 Å². The number of nitrogens with one attached hydrogen (secondary N) is 1. The van der Waals surface area contributed by atoms with Gasteiger partial charge in [-0.05, 0) is 65.8 Å². The Morgan fingerprint density at radius 3 is 3.12 bits per heavy atom. The number of nitrogens with zero attached hydrogens (tertiary/aromatic N) is 2. The summed E-state index contributed by atoms with van der Waals surface area (Å²) in [5.74, 6) is -2.49. The third-order valence-electron chi connectivity index (χ3n) is 5.02. The Hall–Kier alpha value is -1.59. The number of aromatic nitrogens is 1. The molecule has 2 aromatic rings. The Balaban J connectivity index is 1.87. The Morgan fingerprint density at radius 2 is 2.36 bits per heavy atom. The zero-order chi connectivity index (χ0) is 27.2. The molecule has 0 spiro atoms. The van der Waals surface area contributed by atoms with E-state index >= 15 is 0 Å². The summed E-state index contributed by atoms with van der Waals surface area (Å²) in [7, 11) is 1.74. The quantitative estimate of drug-likeness (QED) is 0.834. The fraction of sp³-hybridized carbons (Fsp3) is 0.450. The highest BCUT2D eigenvalue weighted by Crippen LogP contribution is 2.43. The molecule has 4 nitrogen and oxygen atoms in total. The molecule has 0 saturated carbocycles. The topological polar surface area (TPSA) is 39.3 Å². The maximum atomic E-state index is 13.7. The summed E-state index contributed by atoms with van der Waals surface area (Å²) in [6.07, 6.45) is 2.09. The number of amides is 1. The molecule has 1 N–H and O–H groups in total. The second kappa shape index (κ2) is 6.29. The maximum absolute atomic E-state index is 13.7. The first-order valence-electron chi connectivity index (χ1n) is 13.4. The number of likely N-dealkylation sites (N-methyl/N-ethyl adjacent to an activating group) is 1. The number of fused-ring (bicyclic) bond motifs is 2. The molecule has 1 aliphatic carbocycles. The van der Waals surface area contributed by atoms with Crippen molar-refractivity contribution in [2.24, 2.45) is 5.92 Å². The minimum Gasteiger partial charge on any atom is -0.349 e. The van der Waals surface area contributed by atoms with Crippen LogP contribution in [-0.2, 0) is 11.2 Å². The van der Waals surface area contributed by atoms with E-state index in [0.29, 0.717) is 17.5 Å². The molecular weight excluding hydrogens is 378 g/mol. The van der Waals surface area contributed by atoms with Crippen molar-refractivity contribution in [3.63, 3.8) is 0 Å². The first-order chi connectivity index (χ1) is 16.3. The van der Waals surface area contributed by atoms with Crippen LogP contribution in [0.25, 0.3) is 16.5 Å². The number of hydrogen-bond donors (Lipinski definition) is 1. The molecular formula is C20H24BrN3O. The molecule has 1 aliphatic heterocycles. The van der Waals surface area contributed by atoms with Crippen LogP contribution in [0.5, 0.6) is 0 Å². The summed E-state index contributed by atoms with van der Waals surface area (Å²) in [6, 6.07) is 3.43. The van der Waals surface area contributed by atoms with E-state index in [4.69, 9.17) is 15.1 Å². The Bertz CT molecular complexity index is 1240. The summed E-state index contributed by atoms with van der Waals surface area (Å²) in [5, 5.41) is 0.797. The highest BCUT2D eigenvalue weighted by atomic mass is 79.9. The van der Waals surface area contributed by atoms with Crippen molar-refractivity contribution < 1.29 is 19.9 Å². The van der Waals surface area contributed by atoms with E-state index in [-0.39, 0.29) is 23.5 Å². The van der Waals surface area contributed by atoms with Gasteiger partial charge in [-0.1, -0.05) is 18.2 Å². The monoisotopic (exact) mass is 412 g/mol. The van der Waals surface area contributed by atoms with Crippen LogP contribution in [0, 0.1) is 5.92 Å². The third-order valence-corrected chi connectivity index (χ3v) is 5.70. The van der Waals surface area contributed by atoms with Crippen LogP contribution >= 0.6 is 15.9 Å². The summed E-state index contributed by atoms with van der Waals surface area (Å²) in [5.41, 5.74) is 2.99. The Labute approximate surface area is 172 Å². The van der Waals surface area contributed by atoms with E-state index in [1.165, 1.54) is 0 Å². The number of aromatic amines is 1. The fourth-order valence-corrected chi connectivity index (χ4v) is 4.43. The highest BCUT2D eigenvalue weighted by Gasteiger charge is 2.37. The lowest BCUT2D eigenvalue weighted by Gasteiger charge is -2.40. The van der Waals surface area contributed by atoms with Crippen molar-refractivity contribution >= 4 is 38.3 Å². The molecule has 2 heterocycles. The summed E-state index contributed by atoms with van der Waals surface area (Å²) in [4.78, 5) is 18.4. The van der Waals surface area contributed by atoms with Gasteiger partial charge in [-0.3, -0.25) is 9.69 Å². The van der Waals surface area contributed by atoms with E-state index in [1.807, 2.05) is 4.90 Å². The van der Waals surface area contributed by atoms with Crippen molar-refractivity contribution in [2.75, 3.05) is 26.6 Å². The molecule has 5 heteroatoms. The lowest BCUT2D eigenvalue weighted by molar-refractivity contribution is -0.134. The number of benzene rings is 1. The number of rotatable bonds is 3. The largest absolute Gasteiger partial charge is 0.349 e. The van der Waals surface area contributed by atoms with Gasteiger partial charge in [-0.15, -0.1) is 0 Å². The standard InChI is InChI=1S/C20H24BrN3O/c1-4-24(5-2)20(25)12-9-14-13-7-6-8-16-18(13)15(19(21)22-16)10-17(14)23(3)11-12/h6-9,12,17,22H,4-5,10-11H2,1-3H3/t12-,17-/m1/s1/i1D3,2D3,4D2,5D2,8D. The summed E-state index contributed by atoms with van der Waals surface area (Å²) in [6.45, 7) is -14.2. The molecule has 0 fully saturated rings. The number of halogens is 1. The molecule has 1 aromatic carbocycles. The van der Waals surface area contributed by atoms with Crippen molar-refractivity contribution in [3.05, 3.63) is 40.0 Å². The summed E-state index contributed by atoms with van der Waals surface area (Å²) >= 11 is 3.52. The van der Waals surface area contributed by atoms with E-state index < -0.39 is 38.5 Å². The van der Waals surface area contributed by atoms with E-state index in [0.717, 1.165) is 21.1 Å². The van der Waals surface area contributed by atoms with Gasteiger partial charge in [-0.25, -0.2) is 0 Å². The number of carbonyl (C=O) groups is 1. The summed E-state index contributed by atoms with van der Waals surface area (Å²) < 4.78 is 87.0. The van der Waals surface area contributed by atoms with Gasteiger partial charge >= 0.3 is 0 Å². The van der Waals surface area contributed by atoms with E-state index in [1.54, 1.807) is 25.3 Å². The van der Waals surface area contributed by atoms with Crippen molar-refractivity contribution in [2.45, 2.75) is 26.2 Å². The van der Waals surface area contributed by atoms with Gasteiger partial charge in [-0.2, -0.15) is 0 Å². The molecule has 2 aliphatic rings. The number of carbonyl (C=O) groups excluding carboxylic acids is 1. The first kappa shape index (κ1) is 8.40. The number of H-pyrrole nitrogens is 1. The molecule has 0 radical (unpaired) electrons. The zero-order valence-electron chi connectivity index (χ0n) is 24.5. The van der Waals surface area contributed by atoms with Crippen molar-refractivity contribution in [1.29, 1.82) is 0 Å². The Morgan fingerprint density at radius 1 is 1.56 bits per heavy atom. The molecule has 25 heavy (non-hydrogen) atoms. The second-order valence-corrected chi connectivity index (χ2v) is 7.14. The van der Waals surface area contributed by atoms with Gasteiger partial charge in [0, 0.05) is 50.2 Å². The van der Waals surface area contributed by atoms with Crippen molar-refractivity contribution in [1.82, 2.24) is 14.8 Å². The van der Waals surface area contributed by atoms with Crippen LogP contribution in [0.15, 0.2) is 28.9 Å². The zero-order valence-corrected chi connectivity index (χ0v) is 15.1. The third kappa shape index (κ3) is 2.56. The van der Waals surface area contributed by atoms with Crippen LogP contribution in [0.2, 0.25) is 0 Å². The molecule has 1 aromatic heterocycles. The van der Waals surface area contributed by atoms with Crippen molar-refractivity contribution in [3.8, 4) is 0 Å². The predicted octanol–water partition coefficient (Wildman–Crippen LogP) is 3.67. The average molecular weight is 413 g/mol. The van der Waals surface area contributed by atoms with Crippen LogP contribution in [0.3, 0.4) is 0 Å². The minimum absolute atomic E-state index is 0.00525. The van der Waals surface area contributed by atoms with Gasteiger partial charge in [0.15, 0.2) is 0 Å². The Kier molecular flexibility index (Phi) is 2.11. The molecule has 0 bridgehead atoms. The van der Waals surface area contributed by atoms with E-state index in [9.17, 15) is 4.79 Å². The van der Waals surface area contributed by atoms with Crippen LogP contribution in [-0.4, -0.2) is 53.3 Å². The SMILES string of the molecule is [2H]c1ccc2c3c(c(Br)[nH]c13)C[C@@H]1C2=C[C@@H](C(=O)N(C([2H])([2H])C([2H])([2H])[2H])C([2H])([2H])C([2H])([2H])[2H])CN1C. The maximum Gasteiger partial charge on any atom is 0.230 e. The second-order valence-electron chi connectivity index (χ2n) is 6.34. The van der Waals surface area contributed by atoms with Gasteiger partial charge in [0.1, 0.15) is 0 Å². The predicted molar refractivity (Wildman–Crippen MR) is 106 cm³/mol. The van der Waals surface area contributed by atoms with Gasteiger partial charge in [0.2, 0.25) is 5.91 Å². The smallest absolute Gasteiger partial charge is 0.230 e. The molecule has 132 valence electrons.